The minimum atomic E-state index is -3.54. The minimum Gasteiger partial charge on any atom is -0.464 e. The summed E-state index contributed by atoms with van der Waals surface area (Å²) in [5.74, 6) is 0. The molecule has 10 heavy (non-hydrogen) atoms. The lowest BCUT2D eigenvalue weighted by Gasteiger charge is -1.98. The fourth-order valence-electron chi connectivity index (χ4n) is 0.583. The van der Waals surface area contributed by atoms with Crippen molar-refractivity contribution >= 4 is 16.1 Å². The van der Waals surface area contributed by atoms with Crippen LogP contribution in [0.1, 0.15) is 12.8 Å². The number of nitrogens with one attached hydrogen (secondary N) is 1. The molecule has 1 saturated carbocycles. The minimum absolute atomic E-state index is 0.469. The molecule has 1 amide bonds. The molecule has 58 valence electrons. The summed E-state index contributed by atoms with van der Waals surface area (Å²) in [4.78, 5) is 9.86. The molecule has 2 N–H and O–H groups in total. The van der Waals surface area contributed by atoms with Crippen molar-refractivity contribution < 1.29 is 18.3 Å². The van der Waals surface area contributed by atoms with Crippen molar-refractivity contribution in [1.82, 2.24) is 4.72 Å². The zero-order valence-corrected chi connectivity index (χ0v) is 5.89. The van der Waals surface area contributed by atoms with Gasteiger partial charge in [-0.15, -0.1) is 0 Å². The lowest BCUT2D eigenvalue weighted by molar-refractivity contribution is 0.201. The fourth-order valence-corrected chi connectivity index (χ4v) is 1.75. The number of sulfonamides is 1. The van der Waals surface area contributed by atoms with Crippen LogP contribution in [0.15, 0.2) is 0 Å². The highest BCUT2D eigenvalue weighted by Crippen LogP contribution is 2.27. The summed E-state index contributed by atoms with van der Waals surface area (Å²) >= 11 is 0. The molecule has 6 heteroatoms. The molecule has 0 radical (unpaired) electrons. The number of hydrogen-bond donors (Lipinski definition) is 2. The molecule has 0 spiro atoms. The third-order valence-electron chi connectivity index (χ3n) is 1.19. The lowest BCUT2D eigenvalue weighted by atomic mass is 11.0. The van der Waals surface area contributed by atoms with E-state index in [4.69, 9.17) is 5.11 Å². The van der Waals surface area contributed by atoms with Crippen molar-refractivity contribution in [3.8, 4) is 0 Å². The topological polar surface area (TPSA) is 83.5 Å². The van der Waals surface area contributed by atoms with Crippen LogP contribution in [0, 0.1) is 0 Å². The molecule has 1 fully saturated rings. The SMILES string of the molecule is O=C(O)NS(=O)(=O)C1CC1. The number of rotatable bonds is 2. The average molecular weight is 165 g/mol. The van der Waals surface area contributed by atoms with Crippen molar-refractivity contribution in [2.45, 2.75) is 18.1 Å². The second-order valence-corrected chi connectivity index (χ2v) is 4.11. The molecule has 1 aliphatic rings. The van der Waals surface area contributed by atoms with Crippen LogP contribution in [-0.4, -0.2) is 24.9 Å². The standard InChI is InChI=1S/C4H7NO4S/c6-4(7)5-10(8,9)3-1-2-3/h3,5H,1-2H2,(H,6,7). The molecule has 0 aliphatic heterocycles. The Bertz CT molecular complexity index is 240. The Morgan fingerprint density at radius 3 is 2.30 bits per heavy atom. The molecule has 5 nitrogen and oxygen atoms in total. The molecule has 0 aromatic carbocycles. The highest BCUT2D eigenvalue weighted by atomic mass is 32.2. The molecular weight excluding hydrogens is 158 g/mol. The van der Waals surface area contributed by atoms with E-state index in [0.29, 0.717) is 12.8 Å². The molecule has 0 heterocycles. The Hall–Kier alpha value is -0.780. The van der Waals surface area contributed by atoms with Gasteiger partial charge in [-0.1, -0.05) is 0 Å². The Labute approximate surface area is 58.1 Å². The van der Waals surface area contributed by atoms with Gasteiger partial charge in [0.1, 0.15) is 0 Å². The summed E-state index contributed by atoms with van der Waals surface area (Å²) in [6, 6.07) is 0. The second-order valence-electron chi connectivity index (χ2n) is 2.15. The van der Waals surface area contributed by atoms with Crippen LogP contribution >= 0.6 is 0 Å². The van der Waals surface area contributed by atoms with Crippen LogP contribution in [0.5, 0.6) is 0 Å². The van der Waals surface area contributed by atoms with E-state index < -0.39 is 21.4 Å². The van der Waals surface area contributed by atoms with Crippen LogP contribution in [0.2, 0.25) is 0 Å². The normalized spacial score (nSPS) is 18.4. The van der Waals surface area contributed by atoms with Gasteiger partial charge < -0.3 is 5.11 Å². The van der Waals surface area contributed by atoms with E-state index in [1.54, 1.807) is 0 Å². The van der Waals surface area contributed by atoms with Gasteiger partial charge in [-0.2, -0.15) is 0 Å². The molecule has 0 saturated heterocycles. The van der Waals surface area contributed by atoms with Gasteiger partial charge in [-0.25, -0.2) is 17.9 Å². The van der Waals surface area contributed by atoms with Crippen LogP contribution < -0.4 is 4.72 Å². The molecule has 0 atom stereocenters. The van der Waals surface area contributed by atoms with Crippen LogP contribution in [0.25, 0.3) is 0 Å². The third kappa shape index (κ3) is 1.60. The average Bonchev–Trinajstić information content (AvgIpc) is 2.35. The van der Waals surface area contributed by atoms with Crippen molar-refractivity contribution in [2.24, 2.45) is 0 Å². The molecule has 0 bridgehead atoms. The number of amides is 1. The summed E-state index contributed by atoms with van der Waals surface area (Å²) in [5.41, 5.74) is 0. The van der Waals surface area contributed by atoms with Crippen molar-refractivity contribution in [1.29, 1.82) is 0 Å². The maximum absolute atomic E-state index is 10.7. The van der Waals surface area contributed by atoms with Gasteiger partial charge in [0.05, 0.1) is 5.25 Å². The van der Waals surface area contributed by atoms with Gasteiger partial charge >= 0.3 is 6.09 Å². The number of hydrogen-bond acceptors (Lipinski definition) is 3. The third-order valence-corrected chi connectivity index (χ3v) is 3.00. The molecule has 0 aromatic heterocycles. The first-order chi connectivity index (χ1) is 4.52. The van der Waals surface area contributed by atoms with Crippen LogP contribution in [0.3, 0.4) is 0 Å². The van der Waals surface area contributed by atoms with E-state index in [-0.39, 0.29) is 0 Å². The van der Waals surface area contributed by atoms with Gasteiger partial charge in [0.2, 0.25) is 10.0 Å². The second kappa shape index (κ2) is 2.12. The summed E-state index contributed by atoms with van der Waals surface area (Å²) in [6.07, 6.45) is -0.363. The smallest absolute Gasteiger partial charge is 0.418 e. The van der Waals surface area contributed by atoms with Crippen molar-refractivity contribution in [3.63, 3.8) is 0 Å². The van der Waals surface area contributed by atoms with Crippen molar-refractivity contribution in [3.05, 3.63) is 0 Å². The van der Waals surface area contributed by atoms with E-state index >= 15 is 0 Å². The van der Waals surface area contributed by atoms with Gasteiger partial charge in [0.15, 0.2) is 0 Å². The highest BCUT2D eigenvalue weighted by Gasteiger charge is 2.36. The first kappa shape index (κ1) is 7.33. The van der Waals surface area contributed by atoms with Crippen LogP contribution in [0.4, 0.5) is 4.79 Å². The summed E-state index contributed by atoms with van der Waals surface area (Å²) in [7, 11) is -3.54. The Morgan fingerprint density at radius 2 is 2.00 bits per heavy atom. The van der Waals surface area contributed by atoms with Gasteiger partial charge in [0, 0.05) is 0 Å². The maximum Gasteiger partial charge on any atom is 0.418 e. The first-order valence-electron chi connectivity index (χ1n) is 2.77. The number of carbonyl (C=O) groups is 1. The van der Waals surface area contributed by atoms with Crippen molar-refractivity contribution in [2.75, 3.05) is 0 Å². The van der Waals surface area contributed by atoms with E-state index in [9.17, 15) is 13.2 Å². The Kier molecular flexibility index (Phi) is 1.55. The van der Waals surface area contributed by atoms with E-state index in [0.717, 1.165) is 0 Å². The summed E-state index contributed by atoms with van der Waals surface area (Å²) in [6.45, 7) is 0. The Morgan fingerprint density at radius 1 is 1.50 bits per heavy atom. The lowest BCUT2D eigenvalue weighted by Crippen LogP contribution is -2.31. The first-order valence-corrected chi connectivity index (χ1v) is 4.31. The van der Waals surface area contributed by atoms with E-state index in [1.165, 1.54) is 4.72 Å². The number of carboxylic acid groups (broad SMARTS) is 1. The zero-order valence-electron chi connectivity index (χ0n) is 5.07. The molecular formula is C4H7NO4S. The Balaban J connectivity index is 2.60. The largest absolute Gasteiger partial charge is 0.464 e. The quantitative estimate of drug-likeness (QED) is 0.590. The highest BCUT2D eigenvalue weighted by molar-refractivity contribution is 7.90. The molecule has 0 unspecified atom stereocenters. The van der Waals surface area contributed by atoms with E-state index in [2.05, 4.69) is 0 Å². The molecule has 0 aromatic rings. The fraction of sp³-hybridized carbons (Fsp3) is 0.750. The predicted octanol–water partition coefficient (Wildman–Crippen LogP) is -0.254. The molecule has 1 rings (SSSR count). The monoisotopic (exact) mass is 165 g/mol. The van der Waals surface area contributed by atoms with E-state index in [1.807, 2.05) is 0 Å². The van der Waals surface area contributed by atoms with Crippen LogP contribution in [-0.2, 0) is 10.0 Å². The van der Waals surface area contributed by atoms with Gasteiger partial charge in [-0.05, 0) is 12.8 Å². The summed E-state index contributed by atoms with van der Waals surface area (Å²) < 4.78 is 22.9. The predicted molar refractivity (Wildman–Crippen MR) is 33.1 cm³/mol. The van der Waals surface area contributed by atoms with Gasteiger partial charge in [-0.3, -0.25) is 0 Å². The maximum atomic E-state index is 10.7. The zero-order chi connectivity index (χ0) is 7.78. The summed E-state index contributed by atoms with van der Waals surface area (Å²) in [5, 5.41) is 7.57. The molecule has 1 aliphatic carbocycles. The van der Waals surface area contributed by atoms with Gasteiger partial charge in [0.25, 0.3) is 0 Å².